The van der Waals surface area contributed by atoms with Crippen molar-refractivity contribution in [3.05, 3.63) is 0 Å². The Labute approximate surface area is 96.6 Å². The lowest BCUT2D eigenvalue weighted by atomic mass is 10.4. The van der Waals surface area contributed by atoms with Crippen LogP contribution in [0.4, 0.5) is 0 Å². The van der Waals surface area contributed by atoms with Crippen molar-refractivity contribution in [2.45, 2.75) is 0 Å². The van der Waals surface area contributed by atoms with E-state index >= 15 is 0 Å². The lowest BCUT2D eigenvalue weighted by molar-refractivity contribution is -0.137. The molecule has 96 valence electrons. The summed E-state index contributed by atoms with van der Waals surface area (Å²) < 4.78 is 14.9. The molecule has 0 saturated carbocycles. The Bertz CT molecular complexity index is 178. The van der Waals surface area contributed by atoms with Gasteiger partial charge in [0.05, 0.1) is 19.8 Å². The summed E-state index contributed by atoms with van der Waals surface area (Å²) >= 11 is 0. The molecule has 0 unspecified atom stereocenters. The van der Waals surface area contributed by atoms with Crippen LogP contribution in [-0.4, -0.2) is 71.1 Å². The van der Waals surface area contributed by atoms with Gasteiger partial charge in [0, 0.05) is 33.9 Å². The molecular formula is C10H22N2O4. The smallest absolute Gasteiger partial charge is 0.248 e. The Balaban J connectivity index is 3.77. The molecule has 0 aliphatic carbocycles. The number of nitrogens with two attached hydrogens (primary N) is 1. The molecule has 6 nitrogen and oxygen atoms in total. The average molecular weight is 234 g/mol. The molecule has 0 heterocycles. The largest absolute Gasteiger partial charge is 0.383 e. The van der Waals surface area contributed by atoms with E-state index in [1.807, 2.05) is 0 Å². The minimum Gasteiger partial charge on any atom is -0.383 e. The van der Waals surface area contributed by atoms with Gasteiger partial charge in [-0.15, -0.1) is 0 Å². The van der Waals surface area contributed by atoms with Gasteiger partial charge >= 0.3 is 0 Å². The van der Waals surface area contributed by atoms with Crippen molar-refractivity contribution >= 4 is 5.91 Å². The predicted molar refractivity (Wildman–Crippen MR) is 60.2 cm³/mol. The lowest BCUT2D eigenvalue weighted by Crippen LogP contribution is -2.39. The van der Waals surface area contributed by atoms with Crippen LogP contribution in [0.1, 0.15) is 0 Å². The van der Waals surface area contributed by atoms with E-state index in [1.54, 1.807) is 19.1 Å². The van der Waals surface area contributed by atoms with Crippen LogP contribution in [0.15, 0.2) is 0 Å². The van der Waals surface area contributed by atoms with Crippen LogP contribution < -0.4 is 5.73 Å². The van der Waals surface area contributed by atoms with Crippen LogP contribution >= 0.6 is 0 Å². The molecule has 0 spiro atoms. The number of amides is 1. The number of carbonyl (C=O) groups excluding carboxylic acids is 1. The second-order valence-electron chi connectivity index (χ2n) is 3.21. The number of ether oxygens (including phenoxy) is 3. The summed E-state index contributed by atoms with van der Waals surface area (Å²) in [6.45, 7) is 2.98. The second-order valence-corrected chi connectivity index (χ2v) is 3.21. The van der Waals surface area contributed by atoms with Crippen molar-refractivity contribution in [3.8, 4) is 0 Å². The molecule has 0 aromatic carbocycles. The van der Waals surface area contributed by atoms with E-state index in [-0.39, 0.29) is 12.5 Å². The Morgan fingerprint density at radius 2 is 1.81 bits per heavy atom. The Morgan fingerprint density at radius 3 is 2.38 bits per heavy atom. The van der Waals surface area contributed by atoms with Crippen molar-refractivity contribution in [1.82, 2.24) is 4.90 Å². The highest BCUT2D eigenvalue weighted by Gasteiger charge is 2.11. The highest BCUT2D eigenvalue weighted by Crippen LogP contribution is 1.91. The van der Waals surface area contributed by atoms with Crippen LogP contribution in [0.3, 0.4) is 0 Å². The highest BCUT2D eigenvalue weighted by molar-refractivity contribution is 5.77. The van der Waals surface area contributed by atoms with Gasteiger partial charge in [-0.25, -0.2) is 0 Å². The maximum absolute atomic E-state index is 11.7. The Hall–Kier alpha value is -0.690. The van der Waals surface area contributed by atoms with Gasteiger partial charge in [0.15, 0.2) is 0 Å². The molecule has 0 atom stereocenters. The molecular weight excluding hydrogens is 212 g/mol. The fourth-order valence-electron chi connectivity index (χ4n) is 1.11. The first-order chi connectivity index (χ1) is 7.76. The van der Waals surface area contributed by atoms with E-state index in [0.29, 0.717) is 39.5 Å². The molecule has 0 bridgehead atoms. The van der Waals surface area contributed by atoms with E-state index in [2.05, 4.69) is 0 Å². The first-order valence-corrected chi connectivity index (χ1v) is 5.29. The topological polar surface area (TPSA) is 74.0 Å². The summed E-state index contributed by atoms with van der Waals surface area (Å²) in [6.07, 6.45) is 0. The molecule has 0 saturated heterocycles. The number of methoxy groups -OCH3 is 2. The third kappa shape index (κ3) is 7.58. The fraction of sp³-hybridized carbons (Fsp3) is 0.900. The molecule has 6 heteroatoms. The predicted octanol–water partition coefficient (Wildman–Crippen LogP) is -0.917. The standard InChI is InChI=1S/C10H22N2O4/c1-14-6-5-12(4-3-11)10(13)9-16-8-7-15-2/h3-9,11H2,1-2H3. The van der Waals surface area contributed by atoms with Crippen LogP contribution in [0, 0.1) is 0 Å². The first kappa shape index (κ1) is 15.3. The third-order valence-corrected chi connectivity index (χ3v) is 1.97. The summed E-state index contributed by atoms with van der Waals surface area (Å²) in [7, 11) is 3.19. The minimum absolute atomic E-state index is 0.0626. The van der Waals surface area contributed by atoms with Crippen LogP contribution in [0.25, 0.3) is 0 Å². The number of carbonyl (C=O) groups is 1. The fourth-order valence-corrected chi connectivity index (χ4v) is 1.11. The molecule has 0 rings (SSSR count). The number of rotatable bonds is 10. The first-order valence-electron chi connectivity index (χ1n) is 5.29. The van der Waals surface area contributed by atoms with Crippen LogP contribution in [0.5, 0.6) is 0 Å². The molecule has 0 fully saturated rings. The van der Waals surface area contributed by atoms with E-state index in [9.17, 15) is 4.79 Å². The molecule has 0 aromatic rings. The molecule has 0 aromatic heterocycles. The third-order valence-electron chi connectivity index (χ3n) is 1.97. The summed E-state index contributed by atoms with van der Waals surface area (Å²) in [4.78, 5) is 13.3. The van der Waals surface area contributed by atoms with Gasteiger partial charge < -0.3 is 24.8 Å². The maximum atomic E-state index is 11.7. The highest BCUT2D eigenvalue weighted by atomic mass is 16.5. The summed E-state index contributed by atoms with van der Waals surface area (Å²) in [5.74, 6) is -0.0707. The van der Waals surface area contributed by atoms with Crippen molar-refractivity contribution < 1.29 is 19.0 Å². The van der Waals surface area contributed by atoms with E-state index < -0.39 is 0 Å². The normalized spacial score (nSPS) is 10.4. The van der Waals surface area contributed by atoms with E-state index in [4.69, 9.17) is 19.9 Å². The molecule has 2 N–H and O–H groups in total. The lowest BCUT2D eigenvalue weighted by Gasteiger charge is -2.21. The molecule has 0 radical (unpaired) electrons. The molecule has 16 heavy (non-hydrogen) atoms. The maximum Gasteiger partial charge on any atom is 0.248 e. The number of hydrogen-bond acceptors (Lipinski definition) is 5. The van der Waals surface area contributed by atoms with E-state index in [1.165, 1.54) is 0 Å². The zero-order valence-electron chi connectivity index (χ0n) is 10.1. The molecule has 1 amide bonds. The van der Waals surface area contributed by atoms with Crippen molar-refractivity contribution in [2.75, 3.05) is 60.3 Å². The zero-order valence-corrected chi connectivity index (χ0v) is 10.1. The van der Waals surface area contributed by atoms with E-state index in [0.717, 1.165) is 0 Å². The van der Waals surface area contributed by atoms with Crippen LogP contribution in [0.2, 0.25) is 0 Å². The van der Waals surface area contributed by atoms with Gasteiger partial charge in [-0.3, -0.25) is 4.79 Å². The van der Waals surface area contributed by atoms with Crippen LogP contribution in [-0.2, 0) is 19.0 Å². The summed E-state index contributed by atoms with van der Waals surface area (Å²) in [5.41, 5.74) is 5.42. The van der Waals surface area contributed by atoms with Gasteiger partial charge in [0.1, 0.15) is 6.61 Å². The second kappa shape index (κ2) is 10.8. The van der Waals surface area contributed by atoms with Gasteiger partial charge in [0.25, 0.3) is 0 Å². The monoisotopic (exact) mass is 234 g/mol. The summed E-state index contributed by atoms with van der Waals surface area (Å²) in [6, 6.07) is 0. The minimum atomic E-state index is -0.0707. The molecule has 0 aliphatic heterocycles. The van der Waals surface area contributed by atoms with Crippen molar-refractivity contribution in [3.63, 3.8) is 0 Å². The van der Waals surface area contributed by atoms with Gasteiger partial charge in [-0.1, -0.05) is 0 Å². The number of hydrogen-bond donors (Lipinski definition) is 1. The number of nitrogens with zero attached hydrogens (tertiary/aromatic N) is 1. The Morgan fingerprint density at radius 1 is 1.12 bits per heavy atom. The summed E-state index contributed by atoms with van der Waals surface area (Å²) in [5, 5.41) is 0. The quantitative estimate of drug-likeness (QED) is 0.495. The Kier molecular flexibility index (Phi) is 10.3. The SMILES string of the molecule is COCCOCC(=O)N(CCN)CCOC. The van der Waals surface area contributed by atoms with Gasteiger partial charge in [-0.05, 0) is 0 Å². The average Bonchev–Trinajstić information content (AvgIpc) is 2.29. The van der Waals surface area contributed by atoms with Gasteiger partial charge in [-0.2, -0.15) is 0 Å². The van der Waals surface area contributed by atoms with Gasteiger partial charge in [0.2, 0.25) is 5.91 Å². The van der Waals surface area contributed by atoms with Crippen molar-refractivity contribution in [2.24, 2.45) is 5.73 Å². The van der Waals surface area contributed by atoms with Crippen molar-refractivity contribution in [1.29, 1.82) is 0 Å². The molecule has 0 aliphatic rings. The zero-order chi connectivity index (χ0) is 12.2.